The summed E-state index contributed by atoms with van der Waals surface area (Å²) in [5.74, 6) is 0. The van der Waals surface area contributed by atoms with E-state index < -0.39 is 18.1 Å². The second-order valence-corrected chi connectivity index (χ2v) is 9.75. The van der Waals surface area contributed by atoms with E-state index in [-0.39, 0.29) is 17.8 Å². The summed E-state index contributed by atoms with van der Waals surface area (Å²) in [6.45, 7) is 3.35. The molecule has 1 aromatic heterocycles. The van der Waals surface area contributed by atoms with Gasteiger partial charge in [-0.15, -0.1) is 0 Å². The monoisotopic (exact) mass is 536 g/mol. The summed E-state index contributed by atoms with van der Waals surface area (Å²) in [5, 5.41) is 20.4. The van der Waals surface area contributed by atoms with Crippen LogP contribution in [0.25, 0.3) is 10.9 Å². The summed E-state index contributed by atoms with van der Waals surface area (Å²) in [5.41, 5.74) is 2.98. The fourth-order valence-corrected chi connectivity index (χ4v) is 4.64. The molecule has 1 aliphatic heterocycles. The first-order chi connectivity index (χ1) is 18.7. The predicted octanol–water partition coefficient (Wildman–Crippen LogP) is 5.54. The van der Waals surface area contributed by atoms with Gasteiger partial charge >= 0.3 is 6.18 Å². The van der Waals surface area contributed by atoms with Crippen LogP contribution in [0.5, 0.6) is 0 Å². The van der Waals surface area contributed by atoms with Crippen molar-refractivity contribution in [3.05, 3.63) is 90.1 Å². The van der Waals surface area contributed by atoms with Crippen LogP contribution >= 0.6 is 0 Å². The molecule has 0 spiro atoms. The molecule has 1 saturated heterocycles. The SMILES string of the molecule is CN1CCN(Cc2ccc(NC(O)Nc3ccc(Nc4ccc5ncccc5c4)cc3)cc2C(F)(F)F)CC1. The van der Waals surface area contributed by atoms with Crippen LogP contribution in [-0.4, -0.2) is 59.5 Å². The summed E-state index contributed by atoms with van der Waals surface area (Å²) in [4.78, 5) is 8.51. The van der Waals surface area contributed by atoms with Gasteiger partial charge in [0.25, 0.3) is 0 Å². The Labute approximate surface area is 225 Å². The van der Waals surface area contributed by atoms with Crippen LogP contribution in [-0.2, 0) is 12.7 Å². The Morgan fingerprint density at radius 1 is 0.846 bits per heavy atom. The van der Waals surface area contributed by atoms with Gasteiger partial charge in [-0.05, 0) is 73.3 Å². The highest BCUT2D eigenvalue weighted by Crippen LogP contribution is 2.35. The number of hydrogen-bond donors (Lipinski definition) is 4. The normalized spacial score (nSPS) is 15.7. The van der Waals surface area contributed by atoms with Crippen LogP contribution in [0, 0.1) is 0 Å². The molecule has 204 valence electrons. The van der Waals surface area contributed by atoms with Gasteiger partial charge in [-0.1, -0.05) is 12.1 Å². The van der Waals surface area contributed by atoms with E-state index in [9.17, 15) is 18.3 Å². The first-order valence-electron chi connectivity index (χ1n) is 12.8. The summed E-state index contributed by atoms with van der Waals surface area (Å²) in [6.07, 6.45) is -4.03. The Kier molecular flexibility index (Phi) is 7.87. The minimum Gasteiger partial charge on any atom is -0.357 e. The standard InChI is InChI=1S/C29H31F3N6O/c1-37-13-15-38(16-14-37)19-21-4-5-25(18-26(21)29(30,31)32)36-28(39)35-23-8-6-22(7-9-23)34-24-10-11-27-20(17-24)3-2-12-33-27/h2-12,17-18,28,34-36,39H,13-16,19H2,1H3. The number of piperazine rings is 1. The number of pyridine rings is 1. The van der Waals surface area contributed by atoms with Gasteiger partial charge in [0.1, 0.15) is 0 Å². The highest BCUT2D eigenvalue weighted by atomic mass is 19.4. The number of likely N-dealkylation sites (N-methyl/N-ethyl adjacent to an activating group) is 1. The zero-order chi connectivity index (χ0) is 27.4. The molecule has 1 unspecified atom stereocenters. The highest BCUT2D eigenvalue weighted by Gasteiger charge is 2.34. The van der Waals surface area contributed by atoms with Crippen LogP contribution < -0.4 is 16.0 Å². The van der Waals surface area contributed by atoms with E-state index >= 15 is 0 Å². The molecule has 1 fully saturated rings. The predicted molar refractivity (Wildman–Crippen MR) is 149 cm³/mol. The fraction of sp³-hybridized carbons (Fsp3) is 0.276. The number of benzene rings is 3. The number of nitrogens with zero attached hydrogens (tertiary/aromatic N) is 3. The van der Waals surface area contributed by atoms with Crippen LogP contribution in [0.1, 0.15) is 11.1 Å². The van der Waals surface area contributed by atoms with Crippen LogP contribution in [0.15, 0.2) is 79.0 Å². The number of alkyl halides is 3. The summed E-state index contributed by atoms with van der Waals surface area (Å²) < 4.78 is 41.6. The third-order valence-electron chi connectivity index (χ3n) is 6.79. The smallest absolute Gasteiger partial charge is 0.357 e. The average molecular weight is 537 g/mol. The minimum atomic E-state index is -4.50. The van der Waals surface area contributed by atoms with Crippen molar-refractivity contribution in [1.82, 2.24) is 14.8 Å². The van der Waals surface area contributed by atoms with Crippen molar-refractivity contribution < 1.29 is 18.3 Å². The van der Waals surface area contributed by atoms with Gasteiger partial charge in [-0.3, -0.25) is 9.88 Å². The van der Waals surface area contributed by atoms with Crippen LogP contribution in [0.3, 0.4) is 0 Å². The van der Waals surface area contributed by atoms with Crippen molar-refractivity contribution in [2.45, 2.75) is 19.1 Å². The third kappa shape index (κ3) is 6.97. The second-order valence-electron chi connectivity index (χ2n) is 9.75. The van der Waals surface area contributed by atoms with Crippen molar-refractivity contribution in [2.75, 3.05) is 49.2 Å². The molecular formula is C29H31F3N6O. The number of fused-ring (bicyclic) bond motifs is 1. The first kappa shape index (κ1) is 26.7. The van der Waals surface area contributed by atoms with Gasteiger partial charge < -0.3 is 26.0 Å². The van der Waals surface area contributed by atoms with Gasteiger partial charge in [0.15, 0.2) is 0 Å². The maximum absolute atomic E-state index is 13.9. The molecule has 0 bridgehead atoms. The zero-order valence-corrected chi connectivity index (χ0v) is 21.5. The molecule has 3 aromatic carbocycles. The Balaban J connectivity index is 1.20. The first-order valence-corrected chi connectivity index (χ1v) is 12.8. The van der Waals surface area contributed by atoms with Gasteiger partial charge in [0.05, 0.1) is 11.1 Å². The lowest BCUT2D eigenvalue weighted by Crippen LogP contribution is -2.44. The zero-order valence-electron chi connectivity index (χ0n) is 21.5. The van der Waals surface area contributed by atoms with Crippen molar-refractivity contribution in [3.8, 4) is 0 Å². The number of nitrogens with one attached hydrogen (secondary N) is 3. The number of hydrogen-bond acceptors (Lipinski definition) is 7. The van der Waals surface area contributed by atoms with E-state index in [1.807, 2.05) is 54.4 Å². The lowest BCUT2D eigenvalue weighted by molar-refractivity contribution is -0.138. The molecule has 4 N–H and O–H groups in total. The van der Waals surface area contributed by atoms with E-state index in [1.165, 1.54) is 6.07 Å². The third-order valence-corrected chi connectivity index (χ3v) is 6.79. The van der Waals surface area contributed by atoms with E-state index in [1.54, 1.807) is 24.4 Å². The lowest BCUT2D eigenvalue weighted by Gasteiger charge is -2.33. The average Bonchev–Trinajstić information content (AvgIpc) is 2.91. The van der Waals surface area contributed by atoms with Crippen molar-refractivity contribution in [3.63, 3.8) is 0 Å². The Bertz CT molecular complexity index is 1400. The van der Waals surface area contributed by atoms with Gasteiger partial charge in [-0.2, -0.15) is 13.2 Å². The van der Waals surface area contributed by atoms with Crippen LogP contribution in [0.4, 0.5) is 35.9 Å². The maximum atomic E-state index is 13.9. The molecule has 0 amide bonds. The van der Waals surface area contributed by atoms with Crippen molar-refractivity contribution in [1.29, 1.82) is 0 Å². The number of aliphatic hydroxyl groups excluding tert-OH is 1. The molecule has 2 heterocycles. The van der Waals surface area contributed by atoms with Crippen molar-refractivity contribution >= 4 is 33.7 Å². The highest BCUT2D eigenvalue weighted by molar-refractivity contribution is 5.83. The quantitative estimate of drug-likeness (QED) is 0.220. The Hall–Kier alpha value is -3.86. The second kappa shape index (κ2) is 11.5. The molecule has 0 aliphatic carbocycles. The van der Waals surface area contributed by atoms with Gasteiger partial charge in [0.2, 0.25) is 6.35 Å². The largest absolute Gasteiger partial charge is 0.416 e. The minimum absolute atomic E-state index is 0.175. The summed E-state index contributed by atoms with van der Waals surface area (Å²) in [6, 6.07) is 21.1. The molecule has 1 atom stereocenters. The van der Waals surface area contributed by atoms with Crippen molar-refractivity contribution in [2.24, 2.45) is 0 Å². The number of anilines is 4. The van der Waals surface area contributed by atoms with Gasteiger partial charge in [-0.25, -0.2) is 0 Å². The molecule has 4 aromatic rings. The van der Waals surface area contributed by atoms with E-state index in [2.05, 4.69) is 25.8 Å². The molecule has 39 heavy (non-hydrogen) atoms. The molecule has 7 nitrogen and oxygen atoms in total. The molecule has 1 aliphatic rings. The summed E-state index contributed by atoms with van der Waals surface area (Å²) >= 11 is 0. The maximum Gasteiger partial charge on any atom is 0.416 e. The molecule has 5 rings (SSSR count). The Morgan fingerprint density at radius 3 is 2.26 bits per heavy atom. The number of aromatic nitrogens is 1. The fourth-order valence-electron chi connectivity index (χ4n) is 4.64. The molecule has 0 radical (unpaired) electrons. The van der Waals surface area contributed by atoms with E-state index in [4.69, 9.17) is 0 Å². The van der Waals surface area contributed by atoms with Crippen LogP contribution in [0.2, 0.25) is 0 Å². The van der Waals surface area contributed by atoms with E-state index in [0.717, 1.165) is 54.5 Å². The summed E-state index contributed by atoms with van der Waals surface area (Å²) in [7, 11) is 2.01. The topological polar surface area (TPSA) is 75.7 Å². The molecular weight excluding hydrogens is 505 g/mol. The Morgan fingerprint density at radius 2 is 1.51 bits per heavy atom. The number of aliphatic hydroxyl groups is 1. The molecule has 10 heteroatoms. The molecule has 0 saturated carbocycles. The lowest BCUT2D eigenvalue weighted by atomic mass is 10.0. The van der Waals surface area contributed by atoms with E-state index in [0.29, 0.717) is 5.69 Å². The number of halogens is 3. The number of rotatable bonds is 8. The van der Waals surface area contributed by atoms with Gasteiger partial charge in [0, 0.05) is 67.1 Å².